The van der Waals surface area contributed by atoms with Crippen molar-refractivity contribution in [3.63, 3.8) is 0 Å². The van der Waals surface area contributed by atoms with Crippen LogP contribution in [0.1, 0.15) is 34.1 Å². The van der Waals surface area contributed by atoms with Gasteiger partial charge in [-0.2, -0.15) is 0 Å². The van der Waals surface area contributed by atoms with Gasteiger partial charge in [0.15, 0.2) is 17.3 Å². The van der Waals surface area contributed by atoms with Crippen LogP contribution in [0, 0.1) is 13.8 Å². The van der Waals surface area contributed by atoms with Gasteiger partial charge in [0.1, 0.15) is 11.3 Å². The number of methoxy groups -OCH3 is 1. The van der Waals surface area contributed by atoms with Crippen LogP contribution in [0.25, 0.3) is 11.4 Å². The molecular weight excluding hydrogens is 470 g/mol. The average Bonchev–Trinajstić information content (AvgIpc) is 3.38. The number of phenols is 1. The molecule has 0 spiro atoms. The molecule has 5 rings (SSSR count). The number of nitrogens with zero attached hydrogens (tertiary/aromatic N) is 3. The Labute approximate surface area is 214 Å². The first-order valence-corrected chi connectivity index (χ1v) is 12.0. The molecule has 2 N–H and O–H groups in total. The summed E-state index contributed by atoms with van der Waals surface area (Å²) in [6.07, 6.45) is 2.36. The fraction of sp³-hybridized carbons (Fsp3) is 0.207. The molecule has 1 atom stereocenters. The number of carbonyl (C=O) groups excluding carboxylic acids is 2. The number of ether oxygens (including phenoxy) is 1. The minimum atomic E-state index is -0.886. The van der Waals surface area contributed by atoms with Crippen molar-refractivity contribution in [2.24, 2.45) is 0 Å². The highest BCUT2D eigenvalue weighted by atomic mass is 16.5. The third-order valence-electron chi connectivity index (χ3n) is 6.85. The second-order valence-electron chi connectivity index (χ2n) is 9.09. The van der Waals surface area contributed by atoms with Gasteiger partial charge in [0.05, 0.1) is 24.4 Å². The van der Waals surface area contributed by atoms with Crippen LogP contribution >= 0.6 is 0 Å². The quantitative estimate of drug-likeness (QED) is 0.233. The molecule has 2 aromatic heterocycles. The van der Waals surface area contributed by atoms with E-state index in [1.165, 1.54) is 18.1 Å². The van der Waals surface area contributed by atoms with Gasteiger partial charge in [0.25, 0.3) is 11.7 Å². The van der Waals surface area contributed by atoms with Crippen LogP contribution in [0.3, 0.4) is 0 Å². The molecule has 37 heavy (non-hydrogen) atoms. The number of phenolic OH excluding ortho intramolecular Hbond substituents is 1. The lowest BCUT2D eigenvalue weighted by Gasteiger charge is -2.25. The number of hydrogen-bond donors (Lipinski definition) is 2. The first kappa shape index (κ1) is 24.1. The molecule has 0 aliphatic carbocycles. The fourth-order valence-electron chi connectivity index (χ4n) is 4.89. The number of aliphatic hydroxyl groups excluding tert-OH is 1. The summed E-state index contributed by atoms with van der Waals surface area (Å²) < 4.78 is 7.13. The highest BCUT2D eigenvalue weighted by molar-refractivity contribution is 6.46. The molecule has 1 amide bonds. The molecule has 188 valence electrons. The van der Waals surface area contributed by atoms with Crippen LogP contribution < -0.4 is 4.74 Å². The number of aryl methyl sites for hydroxylation is 2. The Morgan fingerprint density at radius 3 is 2.51 bits per heavy atom. The number of hydrogen-bond acceptors (Lipinski definition) is 6. The number of Topliss-reactive ketones (excluding diaryl/α,β-unsaturated/α-hetero) is 1. The van der Waals surface area contributed by atoms with Gasteiger partial charge in [-0.25, -0.2) is 4.98 Å². The molecule has 4 aromatic rings. The van der Waals surface area contributed by atoms with Gasteiger partial charge >= 0.3 is 0 Å². The summed E-state index contributed by atoms with van der Waals surface area (Å²) in [5.74, 6) is -1.69. The first-order valence-electron chi connectivity index (χ1n) is 12.0. The van der Waals surface area contributed by atoms with Gasteiger partial charge in [-0.3, -0.25) is 9.59 Å². The van der Waals surface area contributed by atoms with Gasteiger partial charge < -0.3 is 24.3 Å². The van der Waals surface area contributed by atoms with Crippen LogP contribution in [0.2, 0.25) is 0 Å². The maximum atomic E-state index is 13.4. The van der Waals surface area contributed by atoms with E-state index in [9.17, 15) is 19.8 Å². The van der Waals surface area contributed by atoms with E-state index in [4.69, 9.17) is 4.74 Å². The maximum Gasteiger partial charge on any atom is 0.295 e. The van der Waals surface area contributed by atoms with Gasteiger partial charge in [0.2, 0.25) is 0 Å². The Morgan fingerprint density at radius 1 is 1.05 bits per heavy atom. The zero-order chi connectivity index (χ0) is 26.3. The molecule has 2 aromatic carbocycles. The number of carbonyl (C=O) groups is 2. The molecule has 1 saturated heterocycles. The van der Waals surface area contributed by atoms with Crippen LogP contribution in [0.4, 0.5) is 0 Å². The molecule has 1 aliphatic rings. The Kier molecular flexibility index (Phi) is 6.17. The lowest BCUT2D eigenvalue weighted by Crippen LogP contribution is -2.31. The third-order valence-corrected chi connectivity index (χ3v) is 6.85. The highest BCUT2D eigenvalue weighted by Gasteiger charge is 2.46. The molecule has 3 heterocycles. The molecule has 8 heteroatoms. The first-order chi connectivity index (χ1) is 17.8. The summed E-state index contributed by atoms with van der Waals surface area (Å²) in [7, 11) is 1.42. The number of likely N-dealkylation sites (tertiary alicyclic amines) is 1. The number of amides is 1. The number of aromatic hydroxyl groups is 1. The van der Waals surface area contributed by atoms with E-state index in [0.29, 0.717) is 23.3 Å². The summed E-state index contributed by atoms with van der Waals surface area (Å²) in [6.45, 7) is 3.97. The zero-order valence-corrected chi connectivity index (χ0v) is 20.8. The molecule has 8 nitrogen and oxygen atoms in total. The molecule has 1 aliphatic heterocycles. The third kappa shape index (κ3) is 4.10. The predicted molar refractivity (Wildman–Crippen MR) is 138 cm³/mol. The normalized spacial score (nSPS) is 17.1. The number of benzene rings is 2. The van der Waals surface area contributed by atoms with Crippen molar-refractivity contribution in [1.82, 2.24) is 14.3 Å². The summed E-state index contributed by atoms with van der Waals surface area (Å²) in [5, 5.41) is 21.7. The molecule has 0 saturated carbocycles. The number of imidazole rings is 1. The zero-order valence-electron chi connectivity index (χ0n) is 20.8. The standard InChI is InChI=1S/C29H27N3O5/c1-17-8-7-14-31-18(2)24(30-28(17)31)26(34)23-25(20-11-12-21(33)22(16-20)37-3)32(29(36)27(23)35)15-13-19-9-5-4-6-10-19/h4-12,14,16,25,33-34H,13,15H2,1-3H3/b26-23+. The lowest BCUT2D eigenvalue weighted by atomic mass is 9.95. The van der Waals surface area contributed by atoms with Crippen molar-refractivity contribution in [3.05, 3.63) is 101 Å². The van der Waals surface area contributed by atoms with Crippen molar-refractivity contribution in [2.45, 2.75) is 26.3 Å². The number of ketones is 1. The van der Waals surface area contributed by atoms with E-state index in [1.807, 2.05) is 60.0 Å². The Bertz CT molecular complexity index is 1550. The number of pyridine rings is 1. The van der Waals surface area contributed by atoms with Gasteiger partial charge in [0, 0.05) is 12.7 Å². The Balaban J connectivity index is 1.67. The fourth-order valence-corrected chi connectivity index (χ4v) is 4.89. The summed E-state index contributed by atoms with van der Waals surface area (Å²) in [4.78, 5) is 32.8. The van der Waals surface area contributed by atoms with E-state index in [0.717, 1.165) is 11.1 Å². The maximum absolute atomic E-state index is 13.4. The second kappa shape index (κ2) is 9.46. The van der Waals surface area contributed by atoms with Gasteiger partial charge in [-0.15, -0.1) is 0 Å². The average molecular weight is 498 g/mol. The summed E-state index contributed by atoms with van der Waals surface area (Å²) in [6, 6.07) is 17.2. The van der Waals surface area contributed by atoms with Crippen molar-refractivity contribution in [3.8, 4) is 11.5 Å². The van der Waals surface area contributed by atoms with Gasteiger partial charge in [-0.05, 0) is 55.2 Å². The van der Waals surface area contributed by atoms with Gasteiger partial charge in [-0.1, -0.05) is 42.5 Å². The molecule has 0 bridgehead atoms. The molecular formula is C29H27N3O5. The van der Waals surface area contributed by atoms with E-state index in [-0.39, 0.29) is 35.1 Å². The Hall–Kier alpha value is -4.59. The second-order valence-corrected chi connectivity index (χ2v) is 9.09. The molecule has 0 radical (unpaired) electrons. The highest BCUT2D eigenvalue weighted by Crippen LogP contribution is 2.42. The van der Waals surface area contributed by atoms with Crippen LogP contribution in [0.5, 0.6) is 11.5 Å². The minimum Gasteiger partial charge on any atom is -0.505 e. The monoisotopic (exact) mass is 497 g/mol. The largest absolute Gasteiger partial charge is 0.505 e. The van der Waals surface area contributed by atoms with Crippen molar-refractivity contribution in [1.29, 1.82) is 0 Å². The summed E-state index contributed by atoms with van der Waals surface area (Å²) >= 11 is 0. The lowest BCUT2D eigenvalue weighted by molar-refractivity contribution is -0.139. The number of aromatic nitrogens is 2. The Morgan fingerprint density at radius 2 is 1.81 bits per heavy atom. The molecule has 1 fully saturated rings. The number of fused-ring (bicyclic) bond motifs is 1. The van der Waals surface area contributed by atoms with Crippen LogP contribution in [-0.4, -0.2) is 49.8 Å². The molecule has 1 unspecified atom stereocenters. The van der Waals surface area contributed by atoms with Crippen LogP contribution in [0.15, 0.2) is 72.4 Å². The minimum absolute atomic E-state index is 0.0463. The summed E-state index contributed by atoms with van der Waals surface area (Å²) in [5.41, 5.74) is 3.95. The van der Waals surface area contributed by atoms with Crippen molar-refractivity contribution in [2.75, 3.05) is 13.7 Å². The SMILES string of the molecule is COc1cc(C2/C(=C(\O)c3nc4c(C)cccn4c3C)C(=O)C(=O)N2CCc2ccccc2)ccc1O. The van der Waals surface area contributed by atoms with Crippen molar-refractivity contribution < 1.29 is 24.5 Å². The topological polar surface area (TPSA) is 104 Å². The van der Waals surface area contributed by atoms with Crippen molar-refractivity contribution >= 4 is 23.1 Å². The van der Waals surface area contributed by atoms with E-state index in [2.05, 4.69) is 4.98 Å². The number of aliphatic hydroxyl groups is 1. The van der Waals surface area contributed by atoms with Crippen LogP contribution in [-0.2, 0) is 16.0 Å². The number of rotatable bonds is 6. The van der Waals surface area contributed by atoms with E-state index >= 15 is 0 Å². The van der Waals surface area contributed by atoms with E-state index < -0.39 is 17.7 Å². The van der Waals surface area contributed by atoms with E-state index in [1.54, 1.807) is 19.1 Å². The smallest absolute Gasteiger partial charge is 0.295 e. The predicted octanol–water partition coefficient (Wildman–Crippen LogP) is 4.33.